The number of nitrogens with zero attached hydrogens (tertiary/aromatic N) is 4. The first-order valence-electron chi connectivity index (χ1n) is 10.3. The highest BCUT2D eigenvalue weighted by atomic mass is 35.5. The molecule has 0 aliphatic carbocycles. The predicted octanol–water partition coefficient (Wildman–Crippen LogP) is 3.02. The number of aliphatic imine (C=N–C) groups is 1. The molecular weight excluding hydrogens is 376 g/mol. The van der Waals surface area contributed by atoms with Gasteiger partial charge in [-0.05, 0) is 25.7 Å². The summed E-state index contributed by atoms with van der Waals surface area (Å²) >= 11 is 6.32. The van der Waals surface area contributed by atoms with Crippen molar-refractivity contribution >= 4 is 17.3 Å². The number of unbranched alkanes of at least 4 members (excludes halogenated alkanes) is 1. The Labute approximate surface area is 169 Å². The molecule has 0 unspecified atom stereocenters. The summed E-state index contributed by atoms with van der Waals surface area (Å²) < 4.78 is 0. The SMILES string of the molecule is CCCCc1nc(Cl)c(CN2CCc3nc(C4=NCCCC4)[nH]c(=O)c3C2)[nH]1. The van der Waals surface area contributed by atoms with Crippen molar-refractivity contribution in [3.05, 3.63) is 44.1 Å². The van der Waals surface area contributed by atoms with Gasteiger partial charge in [-0.1, -0.05) is 24.9 Å². The van der Waals surface area contributed by atoms with Crippen molar-refractivity contribution in [3.8, 4) is 0 Å². The molecule has 7 nitrogen and oxygen atoms in total. The van der Waals surface area contributed by atoms with E-state index in [0.717, 1.165) is 86.5 Å². The molecule has 8 heteroatoms. The van der Waals surface area contributed by atoms with Gasteiger partial charge >= 0.3 is 0 Å². The average Bonchev–Trinajstić information content (AvgIpc) is 3.06. The predicted molar refractivity (Wildman–Crippen MR) is 110 cm³/mol. The molecule has 0 aromatic carbocycles. The van der Waals surface area contributed by atoms with Crippen molar-refractivity contribution in [2.75, 3.05) is 13.1 Å². The zero-order valence-electron chi connectivity index (χ0n) is 16.4. The molecular formula is C20H27ClN6O. The number of halogens is 1. The summed E-state index contributed by atoms with van der Waals surface area (Å²) in [7, 11) is 0. The zero-order valence-corrected chi connectivity index (χ0v) is 17.1. The number of H-pyrrole nitrogens is 2. The van der Waals surface area contributed by atoms with Gasteiger partial charge in [0.1, 0.15) is 5.82 Å². The fraction of sp³-hybridized carbons (Fsp3) is 0.600. The van der Waals surface area contributed by atoms with Crippen molar-refractivity contribution in [3.63, 3.8) is 0 Å². The molecule has 0 radical (unpaired) electrons. The van der Waals surface area contributed by atoms with Crippen LogP contribution in [0.2, 0.25) is 5.15 Å². The number of fused-ring (bicyclic) bond motifs is 1. The molecule has 0 saturated carbocycles. The number of hydrogen-bond donors (Lipinski definition) is 2. The largest absolute Gasteiger partial charge is 0.344 e. The molecule has 0 bridgehead atoms. The minimum atomic E-state index is -0.0442. The normalized spacial score (nSPS) is 17.4. The van der Waals surface area contributed by atoms with E-state index < -0.39 is 0 Å². The molecule has 0 atom stereocenters. The first kappa shape index (κ1) is 19.3. The van der Waals surface area contributed by atoms with Crippen LogP contribution < -0.4 is 5.56 Å². The first-order chi connectivity index (χ1) is 13.6. The Hall–Kier alpha value is -1.99. The summed E-state index contributed by atoms with van der Waals surface area (Å²) in [5.41, 5.74) is 3.49. The molecule has 0 fully saturated rings. The third kappa shape index (κ3) is 4.20. The highest BCUT2D eigenvalue weighted by molar-refractivity contribution is 6.30. The van der Waals surface area contributed by atoms with Crippen LogP contribution in [0.4, 0.5) is 0 Å². The van der Waals surface area contributed by atoms with Crippen molar-refractivity contribution in [1.82, 2.24) is 24.8 Å². The smallest absolute Gasteiger partial charge is 0.255 e. The molecule has 2 aliphatic rings. The lowest BCUT2D eigenvalue weighted by Crippen LogP contribution is -2.36. The van der Waals surface area contributed by atoms with Gasteiger partial charge in [-0.15, -0.1) is 0 Å². The Morgan fingerprint density at radius 1 is 1.18 bits per heavy atom. The summed E-state index contributed by atoms with van der Waals surface area (Å²) in [5, 5.41) is 0.537. The lowest BCUT2D eigenvalue weighted by atomic mass is 10.1. The van der Waals surface area contributed by atoms with E-state index in [4.69, 9.17) is 16.6 Å². The number of aromatic amines is 2. The zero-order chi connectivity index (χ0) is 19.5. The lowest BCUT2D eigenvalue weighted by molar-refractivity contribution is 0.239. The number of rotatable bonds is 6. The van der Waals surface area contributed by atoms with Gasteiger partial charge in [-0.25, -0.2) is 9.97 Å². The highest BCUT2D eigenvalue weighted by Gasteiger charge is 2.24. The Morgan fingerprint density at radius 3 is 2.86 bits per heavy atom. The standard InChI is InChI=1S/C20H27ClN6O/c1-2-3-7-17-23-16(18(21)25-17)12-27-10-8-14-13(11-27)20(28)26-19(24-14)15-6-4-5-9-22-15/h2-12H2,1H3,(H,23,25)(H,24,26,28). The maximum atomic E-state index is 12.7. The van der Waals surface area contributed by atoms with Crippen LogP contribution in [0.25, 0.3) is 0 Å². The van der Waals surface area contributed by atoms with Crippen LogP contribution in [0.3, 0.4) is 0 Å². The van der Waals surface area contributed by atoms with E-state index in [1.165, 1.54) is 0 Å². The highest BCUT2D eigenvalue weighted by Crippen LogP contribution is 2.21. The van der Waals surface area contributed by atoms with Gasteiger partial charge in [-0.2, -0.15) is 0 Å². The monoisotopic (exact) mass is 402 g/mol. The van der Waals surface area contributed by atoms with E-state index in [2.05, 4.69) is 31.8 Å². The van der Waals surface area contributed by atoms with Crippen molar-refractivity contribution in [2.45, 2.75) is 65.0 Å². The van der Waals surface area contributed by atoms with Gasteiger partial charge in [0.05, 0.1) is 22.7 Å². The topological polar surface area (TPSA) is 90.0 Å². The van der Waals surface area contributed by atoms with Gasteiger partial charge in [0.2, 0.25) is 0 Å². The molecule has 0 spiro atoms. The van der Waals surface area contributed by atoms with Gasteiger partial charge in [-0.3, -0.25) is 14.7 Å². The average molecular weight is 403 g/mol. The van der Waals surface area contributed by atoms with Crippen LogP contribution in [-0.2, 0) is 25.9 Å². The fourth-order valence-electron chi connectivity index (χ4n) is 3.87. The number of nitrogens with one attached hydrogen (secondary N) is 2. The molecule has 28 heavy (non-hydrogen) atoms. The van der Waals surface area contributed by atoms with Crippen LogP contribution in [0.1, 0.15) is 67.6 Å². The third-order valence-electron chi connectivity index (χ3n) is 5.47. The van der Waals surface area contributed by atoms with E-state index in [1.807, 2.05) is 0 Å². The molecule has 2 aliphatic heterocycles. The van der Waals surface area contributed by atoms with Crippen molar-refractivity contribution in [2.24, 2.45) is 4.99 Å². The number of aryl methyl sites for hydroxylation is 1. The molecule has 2 aromatic heterocycles. The summed E-state index contributed by atoms with van der Waals surface area (Å²) in [6.07, 6.45) is 7.01. The van der Waals surface area contributed by atoms with Gasteiger partial charge in [0.25, 0.3) is 5.56 Å². The second-order valence-electron chi connectivity index (χ2n) is 7.64. The Morgan fingerprint density at radius 2 is 2.07 bits per heavy atom. The number of aromatic nitrogens is 4. The summed E-state index contributed by atoms with van der Waals surface area (Å²) in [6, 6.07) is 0. The molecule has 4 heterocycles. The van der Waals surface area contributed by atoms with E-state index >= 15 is 0 Å². The summed E-state index contributed by atoms with van der Waals surface area (Å²) in [4.78, 5) is 34.9. The van der Waals surface area contributed by atoms with Crippen LogP contribution in [0, 0.1) is 0 Å². The maximum absolute atomic E-state index is 12.7. The number of hydrogen-bond acceptors (Lipinski definition) is 5. The van der Waals surface area contributed by atoms with Gasteiger partial charge in [0.15, 0.2) is 11.0 Å². The quantitative estimate of drug-likeness (QED) is 0.777. The van der Waals surface area contributed by atoms with Crippen LogP contribution in [0.5, 0.6) is 0 Å². The molecule has 2 aromatic rings. The van der Waals surface area contributed by atoms with E-state index in [-0.39, 0.29) is 5.56 Å². The molecule has 0 saturated heterocycles. The molecule has 0 amide bonds. The third-order valence-corrected chi connectivity index (χ3v) is 5.78. The van der Waals surface area contributed by atoms with Crippen LogP contribution in [-0.4, -0.2) is 43.6 Å². The fourth-order valence-corrected chi connectivity index (χ4v) is 4.08. The molecule has 150 valence electrons. The maximum Gasteiger partial charge on any atom is 0.255 e. The van der Waals surface area contributed by atoms with Crippen molar-refractivity contribution in [1.29, 1.82) is 0 Å². The summed E-state index contributed by atoms with van der Waals surface area (Å²) in [5.74, 6) is 1.60. The van der Waals surface area contributed by atoms with Crippen LogP contribution in [0.15, 0.2) is 9.79 Å². The number of imidazole rings is 1. The first-order valence-corrected chi connectivity index (χ1v) is 10.6. The van der Waals surface area contributed by atoms with Crippen molar-refractivity contribution < 1.29 is 0 Å². The second kappa shape index (κ2) is 8.57. The molecule has 4 rings (SSSR count). The minimum Gasteiger partial charge on any atom is -0.344 e. The second-order valence-corrected chi connectivity index (χ2v) is 8.00. The minimum absolute atomic E-state index is 0.0442. The van der Waals surface area contributed by atoms with Gasteiger partial charge in [0, 0.05) is 39.0 Å². The van der Waals surface area contributed by atoms with E-state index in [0.29, 0.717) is 24.1 Å². The van der Waals surface area contributed by atoms with E-state index in [1.54, 1.807) is 0 Å². The lowest BCUT2D eigenvalue weighted by Gasteiger charge is -2.27. The van der Waals surface area contributed by atoms with Crippen LogP contribution >= 0.6 is 11.6 Å². The van der Waals surface area contributed by atoms with Gasteiger partial charge < -0.3 is 9.97 Å². The molecule has 2 N–H and O–H groups in total. The Balaban J connectivity index is 1.48. The Bertz CT molecular complexity index is 931. The Kier molecular flexibility index (Phi) is 5.92. The summed E-state index contributed by atoms with van der Waals surface area (Å²) in [6.45, 7) is 5.06. The van der Waals surface area contributed by atoms with E-state index in [9.17, 15) is 4.79 Å².